The summed E-state index contributed by atoms with van der Waals surface area (Å²) < 4.78 is 95.6. The van der Waals surface area contributed by atoms with Crippen LogP contribution in [-0.4, -0.2) is 193 Å². The summed E-state index contributed by atoms with van der Waals surface area (Å²) in [6.07, 6.45) is 0.153. The fraction of sp³-hybridized carbons (Fsp3) is 0.662. The van der Waals surface area contributed by atoms with Crippen LogP contribution in [0.4, 0.5) is 0 Å². The first kappa shape index (κ1) is 76.7. The number of benzene rings is 4. The van der Waals surface area contributed by atoms with Gasteiger partial charge in [-0.2, -0.15) is 0 Å². The zero-order valence-corrected chi connectivity index (χ0v) is 60.0. The lowest BCUT2D eigenvalue weighted by atomic mass is 9.95. The molecule has 0 radical (unpaired) electrons. The number of hydrogen-bond donors (Lipinski definition) is 1. The molecule has 0 saturated carbocycles. The van der Waals surface area contributed by atoms with Crippen molar-refractivity contribution in [2.24, 2.45) is 0 Å². The minimum absolute atomic E-state index is 0. The lowest BCUT2D eigenvalue weighted by molar-refractivity contribution is -0.329. The monoisotopic (exact) mass is 1320 g/mol. The lowest BCUT2D eigenvalue weighted by Gasteiger charge is -2.48. The van der Waals surface area contributed by atoms with Gasteiger partial charge in [-0.3, -0.25) is 4.21 Å². The van der Waals surface area contributed by atoms with E-state index in [2.05, 4.69) is 115 Å². The van der Waals surface area contributed by atoms with Crippen molar-refractivity contribution in [3.63, 3.8) is 0 Å². The summed E-state index contributed by atoms with van der Waals surface area (Å²) in [6, 6.07) is 38.3. The Balaban J connectivity index is 0.000000259. The standard InChI is InChI=1S/C38H59NO8Si.C23H32O5SSi.C9H19NO2.CH4/c1-25-20-31(39(5)6)36(26(2)42-25)45-34-21-32(40-23-29-16-12-10-13-17-29)37(27(3)43-34)46-35-22-33(41-24-30-18-14-11-15-19-30)38(28(4)44-35)47-48(7,8)9;1-17-23(28-30(3,4)5)21(26-16-18-9-7-6-8-10-18)15-22(27-17)29(24)20-13-11-19(25-2)12-14-20;1-6-5-8(10(3)4)9(11)7(2)12-6;/h10-19,25-28,31-38H,20-24H2,1-9H3;6-14,17,21-23H,15-16H2,1-5H3;6-9,11H,5H2,1-4H3;1H4. The van der Waals surface area contributed by atoms with Crippen LogP contribution in [0.25, 0.3) is 0 Å². The fourth-order valence-electron chi connectivity index (χ4n) is 12.5. The molecule has 4 aromatic rings. The average Bonchev–Trinajstić information content (AvgIpc) is 0.921. The van der Waals surface area contributed by atoms with Gasteiger partial charge in [0, 0.05) is 36.2 Å². The largest absolute Gasteiger partial charge is 0.497 e. The van der Waals surface area contributed by atoms with E-state index in [9.17, 15) is 9.32 Å². The summed E-state index contributed by atoms with van der Waals surface area (Å²) in [7, 11) is 4.82. The molecule has 0 bridgehead atoms. The highest BCUT2D eigenvalue weighted by Gasteiger charge is 2.48. The highest BCUT2D eigenvalue weighted by molar-refractivity contribution is 7.85. The van der Waals surface area contributed by atoms with Gasteiger partial charge in [0.25, 0.3) is 0 Å². The molecule has 5 saturated heterocycles. The molecule has 0 aliphatic carbocycles. The Bertz CT molecular complexity index is 2700. The van der Waals surface area contributed by atoms with Crippen molar-refractivity contribution in [3.05, 3.63) is 132 Å². The third-order valence-corrected chi connectivity index (χ3v) is 20.5. The maximum absolute atomic E-state index is 13.2. The topological polar surface area (TPSA) is 164 Å². The molecule has 1 N–H and O–H groups in total. The summed E-state index contributed by atoms with van der Waals surface area (Å²) in [6.45, 7) is 28.8. The Morgan fingerprint density at radius 1 is 0.473 bits per heavy atom. The molecule has 5 aliphatic heterocycles. The Labute approximate surface area is 551 Å². The van der Waals surface area contributed by atoms with Gasteiger partial charge in [-0.25, -0.2) is 0 Å². The summed E-state index contributed by atoms with van der Waals surface area (Å²) in [5.74, 6) is 0.737. The molecule has 512 valence electrons. The van der Waals surface area contributed by atoms with E-state index in [0.29, 0.717) is 39.1 Å². The number of hydrogen-bond acceptors (Lipinski definition) is 17. The van der Waals surface area contributed by atoms with Gasteiger partial charge in [-0.1, -0.05) is 98.4 Å². The highest BCUT2D eigenvalue weighted by Crippen LogP contribution is 2.37. The second-order valence-corrected chi connectivity index (χ2v) is 37.9. The number of likely N-dealkylation sites (N-methyl/N-ethyl adjacent to an activating group) is 2. The van der Waals surface area contributed by atoms with E-state index in [0.717, 1.165) is 40.2 Å². The van der Waals surface area contributed by atoms with Crippen molar-refractivity contribution in [2.45, 2.75) is 274 Å². The van der Waals surface area contributed by atoms with Crippen molar-refractivity contribution in [3.8, 4) is 5.75 Å². The van der Waals surface area contributed by atoms with Crippen molar-refractivity contribution in [2.75, 3.05) is 35.3 Å². The van der Waals surface area contributed by atoms with Crippen molar-refractivity contribution < 1.29 is 70.3 Å². The van der Waals surface area contributed by atoms with Gasteiger partial charge in [0.2, 0.25) is 0 Å². The van der Waals surface area contributed by atoms with Crippen LogP contribution in [0, 0.1) is 0 Å². The van der Waals surface area contributed by atoms with Gasteiger partial charge < -0.3 is 75.9 Å². The van der Waals surface area contributed by atoms with Gasteiger partial charge in [0.15, 0.2) is 29.2 Å². The van der Waals surface area contributed by atoms with Crippen LogP contribution in [0.2, 0.25) is 39.3 Å². The van der Waals surface area contributed by atoms with Crippen LogP contribution in [0.5, 0.6) is 5.75 Å². The smallest absolute Gasteiger partial charge is 0.184 e. The number of aliphatic hydroxyl groups is 1. The molecule has 9 rings (SSSR count). The summed E-state index contributed by atoms with van der Waals surface area (Å²) in [5.41, 5.74) is 2.89. The molecule has 21 atom stereocenters. The number of ether oxygens (including phenoxy) is 11. The molecule has 4 aromatic carbocycles. The Morgan fingerprint density at radius 2 is 0.846 bits per heavy atom. The second-order valence-electron chi connectivity index (χ2n) is 27.4. The second kappa shape index (κ2) is 36.1. The van der Waals surface area contributed by atoms with Crippen molar-refractivity contribution >= 4 is 27.4 Å². The Morgan fingerprint density at radius 3 is 1.27 bits per heavy atom. The zero-order chi connectivity index (χ0) is 65.5. The van der Waals surface area contributed by atoms with E-state index in [-0.39, 0.29) is 111 Å². The minimum Gasteiger partial charge on any atom is -0.497 e. The number of methoxy groups -OCH3 is 1. The van der Waals surface area contributed by atoms with E-state index in [1.54, 1.807) is 7.11 Å². The van der Waals surface area contributed by atoms with Gasteiger partial charge in [-0.15, -0.1) is 0 Å². The van der Waals surface area contributed by atoms with Crippen LogP contribution in [0.15, 0.2) is 120 Å². The third kappa shape index (κ3) is 23.8. The molecular formula is C71H114N2O15SSi2. The van der Waals surface area contributed by atoms with Crippen LogP contribution in [0.1, 0.15) is 105 Å². The maximum atomic E-state index is 13.2. The molecule has 0 aromatic heterocycles. The van der Waals surface area contributed by atoms with Gasteiger partial charge in [-0.05, 0) is 170 Å². The predicted molar refractivity (Wildman–Crippen MR) is 364 cm³/mol. The molecule has 5 heterocycles. The molecular weight excluding hydrogens is 1210 g/mol. The van der Waals surface area contributed by atoms with E-state index >= 15 is 0 Å². The highest BCUT2D eigenvalue weighted by atomic mass is 32.2. The number of nitrogens with zero attached hydrogens (tertiary/aromatic N) is 2. The maximum Gasteiger partial charge on any atom is 0.184 e. The molecule has 91 heavy (non-hydrogen) atoms. The van der Waals surface area contributed by atoms with Crippen molar-refractivity contribution in [1.82, 2.24) is 9.80 Å². The van der Waals surface area contributed by atoms with Crippen LogP contribution < -0.4 is 4.74 Å². The fourth-order valence-corrected chi connectivity index (χ4v) is 16.2. The first-order valence-corrected chi connectivity index (χ1v) is 40.6. The van der Waals surface area contributed by atoms with E-state index in [4.69, 9.17) is 61.0 Å². The molecule has 5 fully saturated rings. The van der Waals surface area contributed by atoms with Crippen LogP contribution in [-0.2, 0) is 86.8 Å². The third-order valence-electron chi connectivity index (χ3n) is 17.0. The quantitative estimate of drug-likeness (QED) is 0.0738. The Kier molecular flexibility index (Phi) is 30.4. The van der Waals surface area contributed by atoms with E-state index in [1.807, 2.05) is 126 Å². The Hall–Kier alpha value is -3.34. The van der Waals surface area contributed by atoms with Gasteiger partial charge >= 0.3 is 0 Å². The molecule has 0 spiro atoms. The summed E-state index contributed by atoms with van der Waals surface area (Å²) in [5, 5.41) is 9.76. The predicted octanol–water partition coefficient (Wildman–Crippen LogP) is 12.4. The summed E-state index contributed by atoms with van der Waals surface area (Å²) in [4.78, 5) is 5.03. The normalized spacial score (nSPS) is 33.3. The number of aliphatic hydroxyl groups excluding tert-OH is 1. The zero-order valence-electron chi connectivity index (χ0n) is 57.1. The van der Waals surface area contributed by atoms with E-state index < -0.39 is 45.5 Å². The van der Waals surface area contributed by atoms with Gasteiger partial charge in [0.1, 0.15) is 23.4 Å². The van der Waals surface area contributed by atoms with Gasteiger partial charge in [0.05, 0.1) is 117 Å². The van der Waals surface area contributed by atoms with Crippen molar-refractivity contribution in [1.29, 1.82) is 0 Å². The number of rotatable bonds is 22. The SMILES string of the molecule is C.CC1CC(N(C)C)C(O)C(C)O1.CC1CC(N(C)C)C(OC2CC(OCc3ccccc3)C(OC3CC(OCc4ccccc4)C(O[Si](C)(C)C)C(C)O3)C(C)O2)C(C)O1.COc1ccc(S(=O)C2CC(OCc3ccccc3)C(O[Si](C)(C)C)C(C)O2)cc1. The van der Waals surface area contributed by atoms with E-state index in [1.165, 1.54) is 0 Å². The summed E-state index contributed by atoms with van der Waals surface area (Å²) >= 11 is 0. The molecule has 21 unspecified atom stereocenters. The lowest BCUT2D eigenvalue weighted by Crippen LogP contribution is -2.58. The molecule has 5 aliphatic rings. The molecule has 17 nitrogen and oxygen atoms in total. The average molecular weight is 1320 g/mol. The first-order chi connectivity index (χ1) is 42.6. The van der Waals surface area contributed by atoms with Crippen LogP contribution in [0.3, 0.4) is 0 Å². The molecule has 20 heteroatoms. The van der Waals surface area contributed by atoms with Crippen LogP contribution >= 0.6 is 0 Å². The first-order valence-electron chi connectivity index (χ1n) is 32.6. The molecule has 0 amide bonds. The minimum atomic E-state index is -1.88.